The molecule has 2 aromatic rings. The molecular formula is C51H79N13O16. The van der Waals surface area contributed by atoms with Gasteiger partial charge in [0, 0.05) is 96.6 Å². The second-order valence-electron chi connectivity index (χ2n) is 20.0. The van der Waals surface area contributed by atoms with E-state index in [1.54, 1.807) is 19.6 Å². The minimum atomic E-state index is -1.51. The van der Waals surface area contributed by atoms with Crippen molar-refractivity contribution in [2.75, 3.05) is 114 Å². The average Bonchev–Trinajstić information content (AvgIpc) is 3.41. The number of carbonyl (C=O) groups is 9. The molecule has 2 saturated heterocycles. The quantitative estimate of drug-likeness (QED) is 0.0438. The predicted molar refractivity (Wildman–Crippen MR) is 289 cm³/mol. The van der Waals surface area contributed by atoms with Gasteiger partial charge in [-0.1, -0.05) is 31.4 Å². The normalized spacial score (nSPS) is 16.9. The van der Waals surface area contributed by atoms with Crippen molar-refractivity contribution < 1.29 is 78.9 Å². The second-order valence-corrected chi connectivity index (χ2v) is 20.0. The lowest BCUT2D eigenvalue weighted by atomic mass is 10.0. The smallest absolute Gasteiger partial charge is 0.326 e. The number of hydrogen-bond donors (Lipinski definition) is 12. The maximum absolute atomic E-state index is 12.4. The first kappa shape index (κ1) is 65.0. The van der Waals surface area contributed by atoms with Crippen LogP contribution < -0.4 is 31.5 Å². The molecule has 0 saturated carbocycles. The van der Waals surface area contributed by atoms with Gasteiger partial charge in [-0.2, -0.15) is 15.0 Å². The molecule has 29 heteroatoms. The maximum Gasteiger partial charge on any atom is 0.326 e. The molecule has 444 valence electrons. The molecule has 0 bridgehead atoms. The Hall–Kier alpha value is -7.50. The molecule has 1 aromatic heterocycles. The molecular weight excluding hydrogens is 1050 g/mol. The Morgan fingerprint density at radius 3 is 1.66 bits per heavy atom. The largest absolute Gasteiger partial charge is 0.481 e. The van der Waals surface area contributed by atoms with Gasteiger partial charge in [-0.05, 0) is 81.9 Å². The van der Waals surface area contributed by atoms with Gasteiger partial charge in [0.25, 0.3) is 0 Å². The van der Waals surface area contributed by atoms with Gasteiger partial charge < -0.3 is 67.2 Å². The number of nitrogens with one attached hydrogen (secondary N) is 5. The van der Waals surface area contributed by atoms with Crippen LogP contribution in [-0.4, -0.2) is 240 Å². The van der Waals surface area contributed by atoms with Gasteiger partial charge in [0.15, 0.2) is 0 Å². The first-order valence-corrected chi connectivity index (χ1v) is 27.1. The van der Waals surface area contributed by atoms with Gasteiger partial charge in [0.05, 0.1) is 26.2 Å². The van der Waals surface area contributed by atoms with E-state index in [4.69, 9.17) is 15.1 Å². The minimum Gasteiger partial charge on any atom is -0.481 e. The highest BCUT2D eigenvalue weighted by Crippen LogP contribution is 2.23. The van der Waals surface area contributed by atoms with Crippen molar-refractivity contribution in [1.29, 1.82) is 0 Å². The molecule has 0 unspecified atom stereocenters. The molecule has 2 fully saturated rings. The minimum absolute atomic E-state index is 0.0210. The van der Waals surface area contributed by atoms with Crippen LogP contribution in [0.5, 0.6) is 0 Å². The average molecular weight is 1130 g/mol. The Labute approximate surface area is 463 Å². The molecule has 1 aromatic carbocycles. The Kier molecular flexibility index (Phi) is 28.6. The number of urea groups is 1. The fraction of sp³-hybridized carbons (Fsp3) is 0.647. The number of nitrogens with zero attached hydrogens (tertiary/aromatic N) is 8. The second kappa shape index (κ2) is 35.2. The van der Waals surface area contributed by atoms with E-state index in [0.29, 0.717) is 68.7 Å². The number of anilines is 4. The third-order valence-corrected chi connectivity index (χ3v) is 13.5. The fourth-order valence-electron chi connectivity index (χ4n) is 9.29. The van der Waals surface area contributed by atoms with Gasteiger partial charge >= 0.3 is 47.8 Å². The molecule has 3 amide bonds. The van der Waals surface area contributed by atoms with Crippen molar-refractivity contribution in [3.05, 3.63) is 29.8 Å². The summed E-state index contributed by atoms with van der Waals surface area (Å²) < 4.78 is 0. The van der Waals surface area contributed by atoms with E-state index in [0.717, 1.165) is 63.6 Å². The zero-order valence-electron chi connectivity index (χ0n) is 45.1. The Bertz CT molecular complexity index is 2350. The van der Waals surface area contributed by atoms with E-state index in [9.17, 15) is 73.8 Å². The molecule has 4 rings (SSSR count). The summed E-state index contributed by atoms with van der Waals surface area (Å²) in [5, 5.41) is 80.3. The van der Waals surface area contributed by atoms with Crippen LogP contribution in [0.25, 0.3) is 0 Å². The summed E-state index contributed by atoms with van der Waals surface area (Å²) in [5.41, 5.74) is 1.48. The fourth-order valence-corrected chi connectivity index (χ4v) is 9.29. The summed E-state index contributed by atoms with van der Waals surface area (Å²) in [7, 11) is 0. The molecule has 0 aliphatic carbocycles. The summed E-state index contributed by atoms with van der Waals surface area (Å²) >= 11 is 0. The first-order valence-electron chi connectivity index (χ1n) is 27.1. The number of aliphatic carboxylic acids is 7. The lowest BCUT2D eigenvalue weighted by molar-refractivity contribution is -0.142. The maximum atomic E-state index is 12.4. The first-order chi connectivity index (χ1) is 38.2. The Morgan fingerprint density at radius 2 is 1.06 bits per heavy atom. The highest BCUT2D eigenvalue weighted by molar-refractivity contribution is 5.86. The van der Waals surface area contributed by atoms with Crippen LogP contribution in [0.4, 0.5) is 28.3 Å². The number of carbonyl (C=O) groups excluding carboxylic acids is 2. The number of carboxylic acid groups (broad SMARTS) is 7. The number of hydrogen-bond acceptors (Lipinski definition) is 19. The van der Waals surface area contributed by atoms with Crippen molar-refractivity contribution >= 4 is 77.3 Å². The highest BCUT2D eigenvalue weighted by atomic mass is 16.4. The van der Waals surface area contributed by atoms with Crippen LogP contribution >= 0.6 is 0 Å². The molecule has 3 heterocycles. The summed E-state index contributed by atoms with van der Waals surface area (Å²) in [6.07, 6.45) is 7.73. The summed E-state index contributed by atoms with van der Waals surface area (Å²) in [6.45, 7) is 2.34. The number of benzene rings is 1. The zero-order valence-corrected chi connectivity index (χ0v) is 45.1. The third-order valence-electron chi connectivity index (χ3n) is 13.5. The van der Waals surface area contributed by atoms with Gasteiger partial charge in [-0.15, -0.1) is 0 Å². The van der Waals surface area contributed by atoms with E-state index in [2.05, 4.69) is 36.5 Å². The summed E-state index contributed by atoms with van der Waals surface area (Å²) in [5.74, 6) is -7.27. The van der Waals surface area contributed by atoms with Crippen LogP contribution in [-0.2, 0) is 44.8 Å². The van der Waals surface area contributed by atoms with Gasteiger partial charge in [0.1, 0.15) is 12.1 Å². The summed E-state index contributed by atoms with van der Waals surface area (Å²) in [6, 6.07) is 3.02. The Balaban J connectivity index is 1.28. The number of amides is 3. The molecule has 80 heavy (non-hydrogen) atoms. The monoisotopic (exact) mass is 1130 g/mol. The number of carboxylic acids is 7. The van der Waals surface area contributed by atoms with Gasteiger partial charge in [0.2, 0.25) is 23.8 Å². The lowest BCUT2D eigenvalue weighted by Crippen LogP contribution is -2.53. The van der Waals surface area contributed by atoms with Gasteiger partial charge in [-0.25, -0.2) is 14.4 Å². The predicted octanol–water partition coefficient (Wildman–Crippen LogP) is 1.19. The van der Waals surface area contributed by atoms with Crippen molar-refractivity contribution in [2.45, 2.75) is 114 Å². The molecule has 29 nitrogen and oxygen atoms in total. The number of rotatable bonds is 34. The zero-order chi connectivity index (χ0) is 58.4. The van der Waals surface area contributed by atoms with Crippen LogP contribution in [0.1, 0.15) is 95.5 Å². The van der Waals surface area contributed by atoms with Crippen molar-refractivity contribution in [3.8, 4) is 0 Å². The molecule has 2 aliphatic heterocycles. The molecule has 0 radical (unpaired) electrons. The van der Waals surface area contributed by atoms with Crippen molar-refractivity contribution in [2.24, 2.45) is 0 Å². The molecule has 2 aliphatic rings. The van der Waals surface area contributed by atoms with Crippen LogP contribution in [0.15, 0.2) is 24.3 Å². The molecule has 0 spiro atoms. The summed E-state index contributed by atoms with van der Waals surface area (Å²) in [4.78, 5) is 129. The highest BCUT2D eigenvalue weighted by Gasteiger charge is 2.29. The SMILES string of the molecule is O=C(O)CC[C@H](NC(=O)N[C@@H](CCCCNC(=O)CCCCCCCNc1nc(Nc2ccc(C[C@H]3CN(CC(=O)O)CCN(CC(=O)O)CCN(CC(=O)O)CCN3CC(=O)O)cc2)nc(N2CCCCC2)n1)C(=O)O)C(=O)O. The number of piperidine rings is 1. The number of aromatic nitrogens is 3. The van der Waals surface area contributed by atoms with Crippen molar-refractivity contribution in [3.63, 3.8) is 0 Å². The standard InChI is InChI=1S/C51H79N13O16/c65-40(52-19-8-6-11-38(46(76)77)55-51(80)56-39(47(78)79)17-18-41(66)67)12-5-2-1-3-7-20-53-48-57-49(59-50(58-48)63-21-9-4-10-22-63)54-36-15-13-35(14-16-36)29-37-30-62(33-44(72)73)26-25-60(31-42(68)69)23-24-61(32-43(70)71)27-28-64(37)34-45(74)75/h13-16,37-39H,1-12,17-34H2,(H,52,65)(H,66,67)(H,68,69)(H,70,71)(H,72,73)(H,74,75)(H,76,77)(H,78,79)(H2,55,56,80)(H2,53,54,57,58,59)/t37-,38-,39-/m0/s1. The van der Waals surface area contributed by atoms with Crippen molar-refractivity contribution in [1.82, 2.24) is 50.5 Å². The Morgan fingerprint density at radius 1 is 0.525 bits per heavy atom. The van der Waals surface area contributed by atoms with Gasteiger partial charge in [-0.3, -0.25) is 48.4 Å². The van der Waals surface area contributed by atoms with Crippen LogP contribution in [0, 0.1) is 0 Å². The van der Waals surface area contributed by atoms with Crippen LogP contribution in [0.2, 0.25) is 0 Å². The van der Waals surface area contributed by atoms with E-state index in [1.807, 2.05) is 24.3 Å². The molecule has 3 atom stereocenters. The molecule has 12 N–H and O–H groups in total. The third kappa shape index (κ3) is 26.4. The van der Waals surface area contributed by atoms with E-state index >= 15 is 0 Å². The van der Waals surface area contributed by atoms with Crippen LogP contribution in [0.3, 0.4) is 0 Å². The topological polar surface area (TPSA) is 410 Å². The number of unbranched alkanes of at least 4 members (excludes halogenated alkanes) is 5. The van der Waals surface area contributed by atoms with E-state index in [-0.39, 0.29) is 90.7 Å². The lowest BCUT2D eigenvalue weighted by Gasteiger charge is -2.37. The van der Waals surface area contributed by atoms with E-state index < -0.39 is 72.4 Å². The van der Waals surface area contributed by atoms with E-state index in [1.165, 1.54) is 0 Å².